The summed E-state index contributed by atoms with van der Waals surface area (Å²) in [5.74, 6) is 1.26. The van der Waals surface area contributed by atoms with E-state index in [0.717, 1.165) is 11.5 Å². The molecule has 96 valence electrons. The third kappa shape index (κ3) is 2.87. The van der Waals surface area contributed by atoms with Crippen LogP contribution in [-0.4, -0.2) is 36.4 Å². The topological polar surface area (TPSA) is 74.8 Å². The summed E-state index contributed by atoms with van der Waals surface area (Å²) in [6.45, 7) is 6.72. The fourth-order valence-corrected chi connectivity index (χ4v) is 3.28. The lowest BCUT2D eigenvalue weighted by atomic mass is 9.96. The molecular weight excluding hydrogens is 238 g/mol. The van der Waals surface area contributed by atoms with E-state index in [0.29, 0.717) is 6.54 Å². The number of sulfone groups is 1. The molecule has 0 bridgehead atoms. The van der Waals surface area contributed by atoms with Crippen molar-refractivity contribution in [3.63, 3.8) is 0 Å². The molecule has 1 fully saturated rings. The zero-order valence-corrected chi connectivity index (χ0v) is 11.3. The molecule has 1 aliphatic heterocycles. The monoisotopic (exact) mass is 257 g/mol. The predicted octanol–water partition coefficient (Wildman–Crippen LogP) is 0.766. The van der Waals surface area contributed by atoms with Crippen molar-refractivity contribution in [3.8, 4) is 0 Å². The molecular formula is C11H19N3O2S. The zero-order chi connectivity index (χ0) is 12.7. The van der Waals surface area contributed by atoms with Gasteiger partial charge >= 0.3 is 0 Å². The maximum absolute atomic E-state index is 11.6. The van der Waals surface area contributed by atoms with Gasteiger partial charge in [-0.25, -0.2) is 13.4 Å². The first-order valence-corrected chi connectivity index (χ1v) is 7.59. The van der Waals surface area contributed by atoms with Crippen LogP contribution in [0, 0.1) is 0 Å². The highest BCUT2D eigenvalue weighted by Crippen LogP contribution is 2.22. The van der Waals surface area contributed by atoms with E-state index in [9.17, 15) is 8.42 Å². The van der Waals surface area contributed by atoms with Crippen LogP contribution in [-0.2, 0) is 15.3 Å². The van der Waals surface area contributed by atoms with Crippen LogP contribution in [0.15, 0.2) is 6.20 Å². The van der Waals surface area contributed by atoms with Crippen LogP contribution in [0.3, 0.4) is 0 Å². The molecule has 5 nitrogen and oxygen atoms in total. The van der Waals surface area contributed by atoms with E-state index in [-0.39, 0.29) is 23.0 Å². The Morgan fingerprint density at radius 1 is 1.41 bits per heavy atom. The van der Waals surface area contributed by atoms with Gasteiger partial charge in [-0.2, -0.15) is 0 Å². The lowest BCUT2D eigenvalue weighted by Gasteiger charge is -2.22. The molecule has 1 aromatic heterocycles. The Morgan fingerprint density at radius 3 is 2.65 bits per heavy atom. The van der Waals surface area contributed by atoms with Crippen LogP contribution in [0.5, 0.6) is 0 Å². The lowest BCUT2D eigenvalue weighted by molar-refractivity contribution is 0.518. The fourth-order valence-electron chi connectivity index (χ4n) is 1.88. The fraction of sp³-hybridized carbons (Fsp3) is 0.727. The minimum Gasteiger partial charge on any atom is -0.344 e. The van der Waals surface area contributed by atoms with Crippen molar-refractivity contribution in [1.29, 1.82) is 0 Å². The average Bonchev–Trinajstić information content (AvgIpc) is 2.63. The van der Waals surface area contributed by atoms with Gasteiger partial charge < -0.3 is 10.3 Å². The largest absolute Gasteiger partial charge is 0.344 e. The predicted molar refractivity (Wildman–Crippen MR) is 66.7 cm³/mol. The first-order valence-electron chi connectivity index (χ1n) is 5.77. The van der Waals surface area contributed by atoms with Crippen molar-refractivity contribution in [3.05, 3.63) is 17.7 Å². The van der Waals surface area contributed by atoms with E-state index in [4.69, 9.17) is 0 Å². The summed E-state index contributed by atoms with van der Waals surface area (Å²) in [6, 6.07) is -0.155. The highest BCUT2D eigenvalue weighted by Gasteiger charge is 2.27. The van der Waals surface area contributed by atoms with E-state index in [2.05, 4.69) is 36.1 Å². The number of hydrogen-bond acceptors (Lipinski definition) is 4. The third-order valence-electron chi connectivity index (χ3n) is 2.91. The molecule has 0 aromatic carbocycles. The van der Waals surface area contributed by atoms with E-state index in [1.54, 1.807) is 6.20 Å². The van der Waals surface area contributed by atoms with Gasteiger partial charge in [0.15, 0.2) is 9.84 Å². The normalized spacial score (nSPS) is 24.8. The molecule has 2 heterocycles. The van der Waals surface area contributed by atoms with Crippen LogP contribution in [0.25, 0.3) is 0 Å². The number of nitrogens with one attached hydrogen (secondary N) is 2. The molecule has 0 spiro atoms. The molecule has 1 aromatic rings. The summed E-state index contributed by atoms with van der Waals surface area (Å²) < 4.78 is 23.1. The van der Waals surface area contributed by atoms with Crippen LogP contribution < -0.4 is 5.32 Å². The molecule has 0 amide bonds. The van der Waals surface area contributed by atoms with Crippen molar-refractivity contribution in [2.75, 3.05) is 18.1 Å². The van der Waals surface area contributed by atoms with Gasteiger partial charge in [0.1, 0.15) is 5.82 Å². The van der Waals surface area contributed by atoms with Crippen molar-refractivity contribution >= 4 is 9.84 Å². The lowest BCUT2D eigenvalue weighted by Crippen LogP contribution is -2.39. The van der Waals surface area contributed by atoms with Crippen molar-refractivity contribution < 1.29 is 8.42 Å². The van der Waals surface area contributed by atoms with E-state index >= 15 is 0 Å². The molecule has 6 heteroatoms. The maximum atomic E-state index is 11.6. The second-order valence-corrected chi connectivity index (χ2v) is 7.79. The Morgan fingerprint density at radius 2 is 2.12 bits per heavy atom. The minimum absolute atomic E-state index is 0.0498. The van der Waals surface area contributed by atoms with E-state index in [1.807, 2.05) is 0 Å². The summed E-state index contributed by atoms with van der Waals surface area (Å²) in [7, 11) is -2.92. The second-order valence-electron chi connectivity index (χ2n) is 5.56. The molecule has 17 heavy (non-hydrogen) atoms. The Balaban J connectivity index is 2.21. The van der Waals surface area contributed by atoms with E-state index in [1.165, 1.54) is 0 Å². The quantitative estimate of drug-likeness (QED) is 0.779. The number of aromatic amines is 1. The van der Waals surface area contributed by atoms with Gasteiger partial charge in [0, 0.05) is 18.2 Å². The summed E-state index contributed by atoms with van der Waals surface area (Å²) in [5.41, 5.74) is 0.810. The summed E-state index contributed by atoms with van der Waals surface area (Å²) in [4.78, 5) is 7.54. The Hall–Kier alpha value is -0.880. The van der Waals surface area contributed by atoms with Crippen LogP contribution in [0.1, 0.15) is 38.3 Å². The van der Waals surface area contributed by atoms with Crippen LogP contribution >= 0.6 is 0 Å². The van der Waals surface area contributed by atoms with Crippen molar-refractivity contribution in [2.24, 2.45) is 0 Å². The van der Waals surface area contributed by atoms with Gasteiger partial charge in [0.2, 0.25) is 0 Å². The minimum atomic E-state index is -2.92. The summed E-state index contributed by atoms with van der Waals surface area (Å²) >= 11 is 0. The molecule has 1 atom stereocenters. The number of rotatable bonds is 1. The number of imidazole rings is 1. The Kier molecular flexibility index (Phi) is 3.03. The standard InChI is InChI=1S/C11H19N3O2S/c1-11(2,3)10-13-6-8(14-10)9-7-17(15,16)5-4-12-9/h6,9,12H,4-5,7H2,1-3H3,(H,13,14). The molecule has 2 rings (SSSR count). The van der Waals surface area contributed by atoms with Gasteiger partial charge in [0.05, 0.1) is 23.2 Å². The maximum Gasteiger partial charge on any atom is 0.153 e. The van der Waals surface area contributed by atoms with Crippen LogP contribution in [0.2, 0.25) is 0 Å². The van der Waals surface area contributed by atoms with Crippen molar-refractivity contribution in [1.82, 2.24) is 15.3 Å². The number of hydrogen-bond donors (Lipinski definition) is 2. The molecule has 0 aliphatic carbocycles. The first kappa shape index (κ1) is 12.6. The third-order valence-corrected chi connectivity index (χ3v) is 4.57. The molecule has 1 aliphatic rings. The molecule has 1 unspecified atom stereocenters. The van der Waals surface area contributed by atoms with E-state index < -0.39 is 9.84 Å². The van der Waals surface area contributed by atoms with Crippen molar-refractivity contribution in [2.45, 2.75) is 32.2 Å². The summed E-state index contributed by atoms with van der Waals surface area (Å²) in [6.07, 6.45) is 1.74. The molecule has 1 saturated heterocycles. The van der Waals surface area contributed by atoms with Gasteiger partial charge in [-0.3, -0.25) is 0 Å². The highest BCUT2D eigenvalue weighted by atomic mass is 32.2. The SMILES string of the molecule is CC(C)(C)c1ncc(C2CS(=O)(=O)CCN2)[nH]1. The Bertz CT molecular complexity index is 499. The first-order chi connectivity index (χ1) is 7.78. The van der Waals surface area contributed by atoms with Gasteiger partial charge in [-0.15, -0.1) is 0 Å². The smallest absolute Gasteiger partial charge is 0.153 e. The van der Waals surface area contributed by atoms with Gasteiger partial charge in [0.25, 0.3) is 0 Å². The average molecular weight is 257 g/mol. The van der Waals surface area contributed by atoms with Gasteiger partial charge in [-0.1, -0.05) is 20.8 Å². The second kappa shape index (κ2) is 4.10. The number of H-pyrrole nitrogens is 1. The molecule has 0 saturated carbocycles. The molecule has 2 N–H and O–H groups in total. The molecule has 0 radical (unpaired) electrons. The summed E-state index contributed by atoms with van der Waals surface area (Å²) in [5, 5.41) is 3.21. The Labute approximate surface area is 102 Å². The van der Waals surface area contributed by atoms with Crippen LogP contribution in [0.4, 0.5) is 0 Å². The zero-order valence-electron chi connectivity index (χ0n) is 10.4. The number of nitrogens with zero attached hydrogens (tertiary/aromatic N) is 1. The highest BCUT2D eigenvalue weighted by molar-refractivity contribution is 7.91. The van der Waals surface area contributed by atoms with Gasteiger partial charge in [-0.05, 0) is 0 Å². The number of aromatic nitrogens is 2.